The fourth-order valence-electron chi connectivity index (χ4n) is 2.04. The highest BCUT2D eigenvalue weighted by atomic mass is 79.9. The highest BCUT2D eigenvalue weighted by Crippen LogP contribution is 2.20. The second kappa shape index (κ2) is 6.25. The van der Waals surface area contributed by atoms with Crippen molar-refractivity contribution in [2.24, 2.45) is 0 Å². The SMILES string of the molecule is O=c1oc2cc([N+](=O)[O-])ccc2nc1/C=C(\O)c1ccc(Br)cc1. The maximum absolute atomic E-state index is 12.0. The summed E-state index contributed by atoms with van der Waals surface area (Å²) in [5, 5.41) is 20.9. The summed E-state index contributed by atoms with van der Waals surface area (Å²) in [5.41, 5.74) is -0.315. The Kier molecular flexibility index (Phi) is 4.13. The average molecular weight is 389 g/mol. The minimum atomic E-state index is -0.799. The van der Waals surface area contributed by atoms with Gasteiger partial charge in [-0.3, -0.25) is 10.1 Å². The molecule has 2 aromatic carbocycles. The van der Waals surface area contributed by atoms with E-state index in [1.807, 2.05) is 0 Å². The van der Waals surface area contributed by atoms with E-state index < -0.39 is 10.5 Å². The number of aliphatic hydroxyl groups is 1. The van der Waals surface area contributed by atoms with Crippen molar-refractivity contribution in [2.45, 2.75) is 0 Å². The minimum Gasteiger partial charge on any atom is -0.507 e. The minimum absolute atomic E-state index is 0.00878. The van der Waals surface area contributed by atoms with Crippen molar-refractivity contribution < 1.29 is 14.4 Å². The van der Waals surface area contributed by atoms with E-state index in [0.29, 0.717) is 5.56 Å². The number of nitro benzene ring substituents is 1. The molecule has 0 aliphatic heterocycles. The number of rotatable bonds is 3. The van der Waals surface area contributed by atoms with Crippen LogP contribution in [0.5, 0.6) is 0 Å². The van der Waals surface area contributed by atoms with E-state index in [-0.39, 0.29) is 28.2 Å². The van der Waals surface area contributed by atoms with Crippen molar-refractivity contribution >= 4 is 44.6 Å². The van der Waals surface area contributed by atoms with Crippen molar-refractivity contribution in [1.82, 2.24) is 4.98 Å². The highest BCUT2D eigenvalue weighted by Gasteiger charge is 2.12. The molecule has 0 spiro atoms. The maximum atomic E-state index is 12.0. The van der Waals surface area contributed by atoms with Gasteiger partial charge >= 0.3 is 5.63 Å². The van der Waals surface area contributed by atoms with Crippen LogP contribution in [0.3, 0.4) is 0 Å². The Morgan fingerprint density at radius 3 is 2.62 bits per heavy atom. The first-order valence-corrected chi connectivity index (χ1v) is 7.49. The average Bonchev–Trinajstić information content (AvgIpc) is 2.55. The predicted molar refractivity (Wildman–Crippen MR) is 91.6 cm³/mol. The van der Waals surface area contributed by atoms with Gasteiger partial charge in [0.15, 0.2) is 11.3 Å². The van der Waals surface area contributed by atoms with Crippen LogP contribution in [0.25, 0.3) is 22.9 Å². The summed E-state index contributed by atoms with van der Waals surface area (Å²) >= 11 is 3.29. The smallest absolute Gasteiger partial charge is 0.362 e. The molecule has 1 N–H and O–H groups in total. The lowest BCUT2D eigenvalue weighted by Crippen LogP contribution is -2.06. The van der Waals surface area contributed by atoms with Gasteiger partial charge in [0.2, 0.25) is 0 Å². The number of benzene rings is 2. The van der Waals surface area contributed by atoms with E-state index >= 15 is 0 Å². The molecule has 24 heavy (non-hydrogen) atoms. The Morgan fingerprint density at radius 1 is 1.25 bits per heavy atom. The Morgan fingerprint density at radius 2 is 1.96 bits per heavy atom. The highest BCUT2D eigenvalue weighted by molar-refractivity contribution is 9.10. The van der Waals surface area contributed by atoms with Crippen LogP contribution >= 0.6 is 15.9 Å². The van der Waals surface area contributed by atoms with Crippen LogP contribution in [-0.2, 0) is 0 Å². The van der Waals surface area contributed by atoms with Gasteiger partial charge in [0.05, 0.1) is 11.0 Å². The van der Waals surface area contributed by atoms with Gasteiger partial charge in [-0.1, -0.05) is 28.1 Å². The van der Waals surface area contributed by atoms with Crippen LogP contribution < -0.4 is 5.63 Å². The molecule has 0 aliphatic carbocycles. The Bertz CT molecular complexity index is 1020. The first-order valence-electron chi connectivity index (χ1n) is 6.70. The van der Waals surface area contributed by atoms with E-state index in [1.54, 1.807) is 24.3 Å². The molecular formula is C16H9BrN2O5. The second-order valence-electron chi connectivity index (χ2n) is 4.83. The summed E-state index contributed by atoms with van der Waals surface area (Å²) in [5.74, 6) is -0.149. The number of nitro groups is 1. The van der Waals surface area contributed by atoms with Crippen molar-refractivity contribution in [3.05, 3.63) is 78.7 Å². The fourth-order valence-corrected chi connectivity index (χ4v) is 2.31. The van der Waals surface area contributed by atoms with Crippen LogP contribution in [0.4, 0.5) is 5.69 Å². The second-order valence-corrected chi connectivity index (χ2v) is 5.75. The molecule has 0 aliphatic rings. The molecule has 0 unspecified atom stereocenters. The van der Waals surface area contributed by atoms with Crippen LogP contribution in [0, 0.1) is 10.1 Å². The Hall–Kier alpha value is -3.00. The summed E-state index contributed by atoms with van der Waals surface area (Å²) < 4.78 is 5.90. The molecule has 120 valence electrons. The lowest BCUT2D eigenvalue weighted by Gasteiger charge is -2.01. The topological polar surface area (TPSA) is 106 Å². The standard InChI is InChI=1S/C16H9BrN2O5/c17-10-3-1-9(2-4-10)14(20)8-13-16(21)24-15-7-11(19(22)23)5-6-12(15)18-13/h1-8,20H/b14-8-. The van der Waals surface area contributed by atoms with E-state index in [9.17, 15) is 20.0 Å². The fraction of sp³-hybridized carbons (Fsp3) is 0. The van der Waals surface area contributed by atoms with Gasteiger partial charge in [-0.15, -0.1) is 0 Å². The van der Waals surface area contributed by atoms with Gasteiger partial charge < -0.3 is 9.52 Å². The Balaban J connectivity index is 2.06. The van der Waals surface area contributed by atoms with Crippen molar-refractivity contribution in [3.8, 4) is 0 Å². The maximum Gasteiger partial charge on any atom is 0.362 e. The van der Waals surface area contributed by atoms with Crippen molar-refractivity contribution in [3.63, 3.8) is 0 Å². The molecule has 1 aromatic heterocycles. The summed E-state index contributed by atoms with van der Waals surface area (Å²) in [7, 11) is 0. The third-order valence-corrected chi connectivity index (χ3v) is 3.75. The molecule has 0 atom stereocenters. The first kappa shape index (κ1) is 15.9. The van der Waals surface area contributed by atoms with Crippen LogP contribution in [0.1, 0.15) is 11.3 Å². The summed E-state index contributed by atoms with van der Waals surface area (Å²) in [4.78, 5) is 26.2. The molecule has 7 nitrogen and oxygen atoms in total. The number of nitrogens with zero attached hydrogens (tertiary/aromatic N) is 2. The molecule has 8 heteroatoms. The van der Waals surface area contributed by atoms with Gasteiger partial charge in [-0.2, -0.15) is 0 Å². The summed E-state index contributed by atoms with van der Waals surface area (Å²) in [6, 6.07) is 10.6. The first-order chi connectivity index (χ1) is 11.4. The third kappa shape index (κ3) is 3.18. The zero-order valence-electron chi connectivity index (χ0n) is 12.0. The van der Waals surface area contributed by atoms with Crippen LogP contribution in [0.2, 0.25) is 0 Å². The Labute approximate surface area is 143 Å². The molecule has 0 bridgehead atoms. The number of aliphatic hydroxyl groups excluding tert-OH is 1. The molecule has 0 saturated carbocycles. The number of hydrogen-bond acceptors (Lipinski definition) is 6. The summed E-state index contributed by atoms with van der Waals surface area (Å²) in [6.45, 7) is 0. The normalized spacial score (nSPS) is 11.6. The molecule has 1 heterocycles. The van der Waals surface area contributed by atoms with Crippen LogP contribution in [0.15, 0.2) is 56.1 Å². The molecule has 3 aromatic rings. The molecule has 0 amide bonds. The molecular weight excluding hydrogens is 380 g/mol. The largest absolute Gasteiger partial charge is 0.507 e. The van der Waals surface area contributed by atoms with Gasteiger partial charge in [-0.05, 0) is 18.2 Å². The van der Waals surface area contributed by atoms with Crippen molar-refractivity contribution in [2.75, 3.05) is 0 Å². The lowest BCUT2D eigenvalue weighted by molar-refractivity contribution is -0.384. The predicted octanol–water partition coefficient (Wildman–Crippen LogP) is 3.91. The quantitative estimate of drug-likeness (QED) is 0.414. The lowest BCUT2D eigenvalue weighted by atomic mass is 10.1. The number of halogens is 1. The zero-order valence-corrected chi connectivity index (χ0v) is 13.6. The molecule has 0 radical (unpaired) electrons. The van der Waals surface area contributed by atoms with Gasteiger partial charge in [0.1, 0.15) is 11.3 Å². The van der Waals surface area contributed by atoms with Gasteiger partial charge in [0, 0.05) is 22.2 Å². The van der Waals surface area contributed by atoms with E-state index in [2.05, 4.69) is 20.9 Å². The summed E-state index contributed by atoms with van der Waals surface area (Å²) in [6.07, 6.45) is 1.19. The van der Waals surface area contributed by atoms with E-state index in [0.717, 1.165) is 10.5 Å². The number of non-ortho nitro benzene ring substituents is 1. The van der Waals surface area contributed by atoms with Crippen molar-refractivity contribution in [1.29, 1.82) is 0 Å². The third-order valence-electron chi connectivity index (χ3n) is 3.22. The van der Waals surface area contributed by atoms with Gasteiger partial charge in [0.25, 0.3) is 5.69 Å². The van der Waals surface area contributed by atoms with Gasteiger partial charge in [-0.25, -0.2) is 9.78 Å². The molecule has 3 rings (SSSR count). The number of fused-ring (bicyclic) bond motifs is 1. The monoisotopic (exact) mass is 388 g/mol. The van der Waals surface area contributed by atoms with E-state index in [1.165, 1.54) is 18.2 Å². The number of aromatic nitrogens is 1. The van der Waals surface area contributed by atoms with Crippen LogP contribution in [-0.4, -0.2) is 15.0 Å². The zero-order chi connectivity index (χ0) is 17.3. The molecule has 0 fully saturated rings. The number of hydrogen-bond donors (Lipinski definition) is 1. The van der Waals surface area contributed by atoms with E-state index in [4.69, 9.17) is 4.42 Å². The molecule has 0 saturated heterocycles.